The van der Waals surface area contributed by atoms with E-state index in [2.05, 4.69) is 65.1 Å². The Bertz CT molecular complexity index is 548. The summed E-state index contributed by atoms with van der Waals surface area (Å²) in [4.78, 5) is 13.7. The fourth-order valence-corrected chi connectivity index (χ4v) is 10.2. The minimum Gasteiger partial charge on any atom is -0.322 e. The van der Waals surface area contributed by atoms with Gasteiger partial charge in [0, 0.05) is 45.7 Å². The van der Waals surface area contributed by atoms with Gasteiger partial charge < -0.3 is 5.32 Å². The second-order valence-corrected chi connectivity index (χ2v) is 12.9. The molecule has 2 nitrogen and oxygen atoms in total. The molecule has 0 fully saturated rings. The molecule has 1 amide bonds. The van der Waals surface area contributed by atoms with E-state index in [-0.39, 0.29) is 38.4 Å². The fourth-order valence-electron chi connectivity index (χ4n) is 4.37. The minimum atomic E-state index is -1.31. The van der Waals surface area contributed by atoms with Gasteiger partial charge in [-0.05, 0) is 50.7 Å². The van der Waals surface area contributed by atoms with Gasteiger partial charge in [-0.3, -0.25) is 4.79 Å². The third kappa shape index (κ3) is 9.08. The average Bonchev–Trinajstić information content (AvgIpc) is 2.69. The van der Waals surface area contributed by atoms with Crippen molar-refractivity contribution in [2.45, 2.75) is 98.6 Å². The van der Waals surface area contributed by atoms with Crippen molar-refractivity contribution in [1.82, 2.24) is 0 Å². The second-order valence-electron chi connectivity index (χ2n) is 8.51. The van der Waals surface area contributed by atoms with E-state index >= 15 is 0 Å². The summed E-state index contributed by atoms with van der Waals surface area (Å²) in [5.74, 6) is 0.302. The normalized spacial score (nSPS) is 12.3. The summed E-state index contributed by atoms with van der Waals surface area (Å²) in [6, 6.07) is 6.28. The second kappa shape index (κ2) is 15.9. The number of rotatable bonds is 14. The van der Waals surface area contributed by atoms with E-state index < -0.39 is 7.26 Å². The van der Waals surface area contributed by atoms with E-state index in [1.807, 2.05) is 0 Å². The zero-order valence-electron chi connectivity index (χ0n) is 20.0. The minimum absolute atomic E-state index is 0. The number of unbranched alkanes of at least 4 members (excludes halogenated alkanes) is 3. The van der Waals surface area contributed by atoms with Gasteiger partial charge in [-0.15, -0.1) is 0 Å². The first-order valence-corrected chi connectivity index (χ1v) is 14.1. The van der Waals surface area contributed by atoms with Gasteiger partial charge in [-0.2, -0.15) is 0 Å². The third-order valence-corrected chi connectivity index (χ3v) is 11.6. The van der Waals surface area contributed by atoms with Crippen molar-refractivity contribution in [1.29, 1.82) is 0 Å². The molecule has 0 saturated carbocycles. The molecule has 163 valence electrons. The smallest absolute Gasteiger partial charge is 0.265 e. The number of carbonyl (C=O) groups excluding carboxylic acids is 1. The summed E-state index contributed by atoms with van der Waals surface area (Å²) in [6.45, 7) is 13.3. The van der Waals surface area contributed by atoms with Crippen molar-refractivity contribution in [2.75, 3.05) is 23.8 Å². The van der Waals surface area contributed by atoms with E-state index in [1.165, 1.54) is 68.1 Å². The summed E-state index contributed by atoms with van der Waals surface area (Å²) in [7, 11) is -1.31. The SMILES string of the molecule is CCCC[P+](CCCC)(CCCC)C(CCC)C(=O)Nc1c(C)cccc1C.[Y]. The van der Waals surface area contributed by atoms with Gasteiger partial charge in [0.15, 0.2) is 0 Å². The molecule has 0 aliphatic carbocycles. The molecule has 0 spiro atoms. The summed E-state index contributed by atoms with van der Waals surface area (Å²) in [5.41, 5.74) is 3.60. The van der Waals surface area contributed by atoms with Gasteiger partial charge in [-0.1, -0.05) is 71.6 Å². The molecular formula is C25H45NOPY+. The molecule has 1 aromatic carbocycles. The first-order chi connectivity index (χ1) is 13.5. The molecule has 0 heterocycles. The molecule has 1 N–H and O–H groups in total. The van der Waals surface area contributed by atoms with Gasteiger partial charge in [0.25, 0.3) is 5.91 Å². The maximum absolute atomic E-state index is 13.7. The summed E-state index contributed by atoms with van der Waals surface area (Å²) in [6.07, 6.45) is 13.6. The maximum atomic E-state index is 13.7. The zero-order valence-corrected chi connectivity index (χ0v) is 23.8. The Morgan fingerprint density at radius 2 is 1.31 bits per heavy atom. The Kier molecular flexibility index (Phi) is 16.1. The van der Waals surface area contributed by atoms with Crippen LogP contribution in [0.25, 0.3) is 0 Å². The number of hydrogen-bond donors (Lipinski definition) is 1. The van der Waals surface area contributed by atoms with Crippen LogP contribution < -0.4 is 5.32 Å². The van der Waals surface area contributed by atoms with Crippen LogP contribution in [-0.2, 0) is 37.5 Å². The van der Waals surface area contributed by atoms with E-state index in [1.54, 1.807) is 0 Å². The predicted molar refractivity (Wildman–Crippen MR) is 129 cm³/mol. The third-order valence-electron chi connectivity index (χ3n) is 6.13. The average molecular weight is 496 g/mol. The van der Waals surface area contributed by atoms with Gasteiger partial charge >= 0.3 is 0 Å². The zero-order chi connectivity index (χ0) is 21.0. The molecular weight excluding hydrogens is 450 g/mol. The number of aryl methyl sites for hydroxylation is 2. The molecule has 1 unspecified atom stereocenters. The Labute approximate surface area is 207 Å². The number of anilines is 1. The largest absolute Gasteiger partial charge is 0.322 e. The first-order valence-electron chi connectivity index (χ1n) is 11.7. The molecule has 0 aliphatic heterocycles. The van der Waals surface area contributed by atoms with Crippen molar-refractivity contribution in [3.63, 3.8) is 0 Å². The molecule has 0 aliphatic rings. The van der Waals surface area contributed by atoms with Crippen molar-refractivity contribution < 1.29 is 37.5 Å². The molecule has 1 atom stereocenters. The molecule has 1 radical (unpaired) electrons. The molecule has 0 saturated heterocycles. The number of para-hydroxylation sites is 1. The monoisotopic (exact) mass is 495 g/mol. The van der Waals surface area contributed by atoms with Gasteiger partial charge in [0.05, 0.1) is 18.5 Å². The number of nitrogens with one attached hydrogen (secondary N) is 1. The molecule has 4 heteroatoms. The van der Waals surface area contributed by atoms with Crippen LogP contribution >= 0.6 is 7.26 Å². The van der Waals surface area contributed by atoms with Crippen LogP contribution in [0.15, 0.2) is 18.2 Å². The van der Waals surface area contributed by atoms with Crippen LogP contribution in [0.4, 0.5) is 5.69 Å². The van der Waals surface area contributed by atoms with Gasteiger partial charge in [-0.25, -0.2) is 0 Å². The number of hydrogen-bond acceptors (Lipinski definition) is 1. The molecule has 0 bridgehead atoms. The van der Waals surface area contributed by atoms with Crippen LogP contribution in [-0.4, -0.2) is 30.1 Å². The van der Waals surface area contributed by atoms with Crippen LogP contribution in [0.5, 0.6) is 0 Å². The fraction of sp³-hybridized carbons (Fsp3) is 0.720. The molecule has 1 aromatic rings. The maximum Gasteiger partial charge on any atom is 0.265 e. The van der Waals surface area contributed by atoms with Gasteiger partial charge in [0.1, 0.15) is 5.66 Å². The molecule has 1 rings (SSSR count). The molecule has 29 heavy (non-hydrogen) atoms. The van der Waals surface area contributed by atoms with Crippen molar-refractivity contribution in [3.05, 3.63) is 29.3 Å². The Morgan fingerprint density at radius 3 is 1.69 bits per heavy atom. The van der Waals surface area contributed by atoms with Crippen LogP contribution in [0.3, 0.4) is 0 Å². The predicted octanol–water partition coefficient (Wildman–Crippen LogP) is 7.83. The van der Waals surface area contributed by atoms with Crippen molar-refractivity contribution in [3.8, 4) is 0 Å². The van der Waals surface area contributed by atoms with E-state index in [0.717, 1.165) is 18.5 Å². The topological polar surface area (TPSA) is 29.1 Å². The Balaban J connectivity index is 0.00000784. The summed E-state index contributed by atoms with van der Waals surface area (Å²) < 4.78 is 0. The Morgan fingerprint density at radius 1 is 0.862 bits per heavy atom. The van der Waals surface area contributed by atoms with E-state index in [9.17, 15) is 4.79 Å². The summed E-state index contributed by atoms with van der Waals surface area (Å²) >= 11 is 0. The number of amides is 1. The number of benzene rings is 1. The Hall–Kier alpha value is 0.224. The van der Waals surface area contributed by atoms with Gasteiger partial charge in [0.2, 0.25) is 0 Å². The molecule has 0 aromatic heterocycles. The standard InChI is InChI=1S/C25H44NOP.Y/c1-7-11-18-28(19-12-8-2,20-13-9-3)23(15-10-4)25(27)26-24-21(5)16-14-17-22(24)6;/h14,16-17,23H,7-13,15,18-20H2,1-6H3;/p+1. The first kappa shape index (κ1) is 29.2. The van der Waals surface area contributed by atoms with Crippen molar-refractivity contribution >= 4 is 18.9 Å². The van der Waals surface area contributed by atoms with Crippen LogP contribution in [0, 0.1) is 13.8 Å². The van der Waals surface area contributed by atoms with E-state index in [0.29, 0.717) is 5.91 Å². The van der Waals surface area contributed by atoms with Crippen molar-refractivity contribution in [2.24, 2.45) is 0 Å². The van der Waals surface area contributed by atoms with Crippen LogP contribution in [0.1, 0.15) is 90.2 Å². The number of carbonyl (C=O) groups is 1. The summed E-state index contributed by atoms with van der Waals surface area (Å²) in [5, 5.41) is 3.39. The quantitative estimate of drug-likeness (QED) is 0.262. The van der Waals surface area contributed by atoms with E-state index in [4.69, 9.17) is 0 Å². The van der Waals surface area contributed by atoms with Crippen LogP contribution in [0.2, 0.25) is 0 Å².